The first-order valence-electron chi connectivity index (χ1n) is 7.18. The quantitative estimate of drug-likeness (QED) is 0.899. The average molecular weight is 283 g/mol. The molecule has 1 aliphatic rings. The average Bonchev–Trinajstić information content (AvgIpc) is 2.94. The van der Waals surface area contributed by atoms with Crippen LogP contribution in [0.25, 0.3) is 0 Å². The van der Waals surface area contributed by atoms with Gasteiger partial charge in [-0.1, -0.05) is 39.3 Å². The maximum Gasteiger partial charge on any atom is 0.240 e. The Morgan fingerprint density at radius 1 is 1.37 bits per heavy atom. The third-order valence-corrected chi connectivity index (χ3v) is 4.81. The Kier molecular flexibility index (Phi) is 4.90. The van der Waals surface area contributed by atoms with Crippen LogP contribution in [-0.2, 0) is 12.0 Å². The number of nitrogens with one attached hydrogen (secondary N) is 1. The van der Waals surface area contributed by atoms with Gasteiger partial charge in [0.25, 0.3) is 0 Å². The highest BCUT2D eigenvalue weighted by molar-refractivity contribution is 7.99. The molecule has 1 heterocycles. The molecule has 2 unspecified atom stereocenters. The van der Waals surface area contributed by atoms with Gasteiger partial charge < -0.3 is 9.84 Å². The molecule has 4 nitrogen and oxygen atoms in total. The lowest BCUT2D eigenvalue weighted by Gasteiger charge is -2.19. The van der Waals surface area contributed by atoms with Crippen molar-refractivity contribution >= 4 is 11.8 Å². The first-order chi connectivity index (χ1) is 9.00. The molecule has 1 fully saturated rings. The van der Waals surface area contributed by atoms with Crippen LogP contribution in [0, 0.1) is 0 Å². The first kappa shape index (κ1) is 14.9. The Morgan fingerprint density at radius 2 is 2.16 bits per heavy atom. The molecule has 0 radical (unpaired) electrons. The summed E-state index contributed by atoms with van der Waals surface area (Å²) in [7, 11) is 0. The summed E-state index contributed by atoms with van der Waals surface area (Å²) < 4.78 is 5.32. The zero-order valence-corrected chi connectivity index (χ0v) is 13.2. The number of hydrogen-bond acceptors (Lipinski definition) is 5. The number of aromatic nitrogens is 2. The highest BCUT2D eigenvalue weighted by Crippen LogP contribution is 2.30. The second kappa shape index (κ2) is 6.27. The van der Waals surface area contributed by atoms with Crippen molar-refractivity contribution in [3.63, 3.8) is 0 Å². The van der Waals surface area contributed by atoms with Crippen LogP contribution >= 0.6 is 11.8 Å². The molecule has 2 atom stereocenters. The Labute approximate surface area is 120 Å². The van der Waals surface area contributed by atoms with Gasteiger partial charge in [-0.2, -0.15) is 16.7 Å². The van der Waals surface area contributed by atoms with Gasteiger partial charge in [0.1, 0.15) is 0 Å². The summed E-state index contributed by atoms with van der Waals surface area (Å²) in [6.45, 7) is 9.21. The van der Waals surface area contributed by atoms with Gasteiger partial charge in [0.15, 0.2) is 5.82 Å². The van der Waals surface area contributed by atoms with Crippen molar-refractivity contribution in [3.05, 3.63) is 11.7 Å². The summed E-state index contributed by atoms with van der Waals surface area (Å²) in [5.41, 5.74) is -0.0459. The van der Waals surface area contributed by atoms with E-state index in [9.17, 15) is 0 Å². The summed E-state index contributed by atoms with van der Waals surface area (Å²) in [5, 5.41) is 8.38. The van der Waals surface area contributed by atoms with Crippen LogP contribution in [0.5, 0.6) is 0 Å². The summed E-state index contributed by atoms with van der Waals surface area (Å²) in [4.78, 5) is 4.47. The zero-order valence-electron chi connectivity index (χ0n) is 12.4. The fraction of sp³-hybridized carbons (Fsp3) is 0.857. The van der Waals surface area contributed by atoms with Crippen molar-refractivity contribution < 1.29 is 4.52 Å². The molecule has 1 N–H and O–H groups in total. The molecule has 1 saturated carbocycles. The van der Waals surface area contributed by atoms with Crippen LogP contribution in [0.4, 0.5) is 0 Å². The summed E-state index contributed by atoms with van der Waals surface area (Å²) in [6, 6.07) is 0.593. The molecule has 1 aromatic heterocycles. The van der Waals surface area contributed by atoms with Crippen molar-refractivity contribution in [1.29, 1.82) is 0 Å². The first-order valence-corrected chi connectivity index (χ1v) is 8.23. The van der Waals surface area contributed by atoms with E-state index in [-0.39, 0.29) is 5.41 Å². The van der Waals surface area contributed by atoms with Crippen LogP contribution in [0.2, 0.25) is 0 Å². The Hall–Kier alpha value is -0.550. The summed E-state index contributed by atoms with van der Waals surface area (Å²) >= 11 is 2.06. The topological polar surface area (TPSA) is 51.0 Å². The molecule has 19 heavy (non-hydrogen) atoms. The number of hydrogen-bond donors (Lipinski definition) is 1. The lowest BCUT2D eigenvalue weighted by molar-refractivity contribution is 0.347. The Balaban J connectivity index is 1.87. The van der Waals surface area contributed by atoms with Gasteiger partial charge in [-0.25, -0.2) is 0 Å². The van der Waals surface area contributed by atoms with Gasteiger partial charge in [0, 0.05) is 16.7 Å². The maximum atomic E-state index is 5.32. The molecule has 1 aliphatic carbocycles. The van der Waals surface area contributed by atoms with Crippen molar-refractivity contribution in [2.75, 3.05) is 5.75 Å². The van der Waals surface area contributed by atoms with E-state index in [1.54, 1.807) is 0 Å². The van der Waals surface area contributed by atoms with Crippen molar-refractivity contribution in [3.8, 4) is 0 Å². The van der Waals surface area contributed by atoms with Crippen LogP contribution in [0.1, 0.15) is 58.7 Å². The van der Waals surface area contributed by atoms with E-state index in [1.807, 2.05) is 0 Å². The van der Waals surface area contributed by atoms with Crippen molar-refractivity contribution in [1.82, 2.24) is 15.5 Å². The van der Waals surface area contributed by atoms with E-state index in [4.69, 9.17) is 4.52 Å². The van der Waals surface area contributed by atoms with Gasteiger partial charge in [-0.05, 0) is 18.6 Å². The van der Waals surface area contributed by atoms with Crippen molar-refractivity contribution in [2.24, 2.45) is 0 Å². The number of thioether (sulfide) groups is 1. The fourth-order valence-corrected chi connectivity index (χ4v) is 3.65. The lowest BCUT2D eigenvalue weighted by atomic mass is 9.96. The minimum Gasteiger partial charge on any atom is -0.338 e. The predicted molar refractivity (Wildman–Crippen MR) is 79.4 cm³/mol. The van der Waals surface area contributed by atoms with E-state index in [0.29, 0.717) is 18.5 Å². The third kappa shape index (κ3) is 3.96. The van der Waals surface area contributed by atoms with Gasteiger partial charge in [0.05, 0.1) is 6.54 Å². The minimum absolute atomic E-state index is 0.0459. The Bertz CT molecular complexity index is 400. The third-order valence-electron chi connectivity index (χ3n) is 3.49. The monoisotopic (exact) mass is 283 g/mol. The number of rotatable bonds is 5. The SMILES string of the molecule is CCSC1CCCC1NCc1nc(C(C)(C)C)no1. The Morgan fingerprint density at radius 3 is 2.79 bits per heavy atom. The summed E-state index contributed by atoms with van der Waals surface area (Å²) in [6.07, 6.45) is 3.91. The smallest absolute Gasteiger partial charge is 0.240 e. The largest absolute Gasteiger partial charge is 0.338 e. The van der Waals surface area contributed by atoms with Crippen LogP contribution in [0.3, 0.4) is 0 Å². The van der Waals surface area contributed by atoms with Gasteiger partial charge in [-0.15, -0.1) is 0 Å². The van der Waals surface area contributed by atoms with Crippen molar-refractivity contribution in [2.45, 2.75) is 70.2 Å². The van der Waals surface area contributed by atoms with E-state index < -0.39 is 0 Å². The second-order valence-electron chi connectivity index (χ2n) is 6.17. The zero-order chi connectivity index (χ0) is 13.9. The van der Waals surface area contributed by atoms with Gasteiger partial charge >= 0.3 is 0 Å². The van der Waals surface area contributed by atoms with Gasteiger partial charge in [-0.3, -0.25) is 0 Å². The molecule has 0 aliphatic heterocycles. The van der Waals surface area contributed by atoms with Crippen LogP contribution in [0.15, 0.2) is 4.52 Å². The standard InChI is InChI=1S/C14H25N3OS/c1-5-19-11-8-6-7-10(11)15-9-12-16-13(17-18-12)14(2,3)4/h10-11,15H,5-9H2,1-4H3. The molecule has 0 spiro atoms. The lowest BCUT2D eigenvalue weighted by Crippen LogP contribution is -2.33. The minimum atomic E-state index is -0.0459. The van der Waals surface area contributed by atoms with E-state index in [1.165, 1.54) is 25.0 Å². The van der Waals surface area contributed by atoms with Gasteiger partial charge in [0.2, 0.25) is 5.89 Å². The van der Waals surface area contributed by atoms with E-state index >= 15 is 0 Å². The molecule has 0 aromatic carbocycles. The molecule has 1 aromatic rings. The molecule has 0 amide bonds. The number of nitrogens with zero attached hydrogens (tertiary/aromatic N) is 2. The fourth-order valence-electron chi connectivity index (χ4n) is 2.42. The second-order valence-corrected chi connectivity index (χ2v) is 7.69. The molecular weight excluding hydrogens is 258 g/mol. The predicted octanol–water partition coefficient (Wildman–Crippen LogP) is 3.13. The molecule has 108 valence electrons. The molecule has 5 heteroatoms. The highest BCUT2D eigenvalue weighted by Gasteiger charge is 2.27. The molecule has 0 bridgehead atoms. The maximum absolute atomic E-state index is 5.32. The van der Waals surface area contributed by atoms with E-state index in [2.05, 4.69) is 54.9 Å². The van der Waals surface area contributed by atoms with Crippen LogP contribution in [-0.4, -0.2) is 27.2 Å². The molecular formula is C14H25N3OS. The van der Waals surface area contributed by atoms with E-state index in [0.717, 1.165) is 11.1 Å². The summed E-state index contributed by atoms with van der Waals surface area (Å²) in [5.74, 6) is 2.68. The highest BCUT2D eigenvalue weighted by atomic mass is 32.2. The molecule has 0 saturated heterocycles. The molecule has 2 rings (SSSR count). The van der Waals surface area contributed by atoms with Crippen LogP contribution < -0.4 is 5.32 Å². The normalized spacial score (nSPS) is 24.0.